The van der Waals surface area contributed by atoms with Crippen LogP contribution in [0.2, 0.25) is 0 Å². The van der Waals surface area contributed by atoms with Gasteiger partial charge in [0, 0.05) is 11.6 Å². The van der Waals surface area contributed by atoms with E-state index in [-0.39, 0.29) is 24.5 Å². The number of carbonyl (C=O) groups is 1. The molecule has 2 rings (SSSR count). The second kappa shape index (κ2) is 6.31. The SMILES string of the molecule is CCc1ccc(C(=O)C(C)N2CCCC2CO)cc1. The fraction of sp³-hybridized carbons (Fsp3) is 0.562. The Morgan fingerprint density at radius 3 is 2.68 bits per heavy atom. The van der Waals surface area contributed by atoms with Crippen molar-refractivity contribution in [3.63, 3.8) is 0 Å². The van der Waals surface area contributed by atoms with Gasteiger partial charge < -0.3 is 5.11 Å². The predicted octanol–water partition coefficient (Wildman–Crippen LogP) is 2.28. The van der Waals surface area contributed by atoms with Gasteiger partial charge in [0.05, 0.1) is 12.6 Å². The number of carbonyl (C=O) groups excluding carboxylic acids is 1. The van der Waals surface area contributed by atoms with Gasteiger partial charge in [-0.3, -0.25) is 9.69 Å². The van der Waals surface area contributed by atoms with E-state index >= 15 is 0 Å². The van der Waals surface area contributed by atoms with Gasteiger partial charge in [-0.2, -0.15) is 0 Å². The number of benzene rings is 1. The van der Waals surface area contributed by atoms with Gasteiger partial charge in [-0.1, -0.05) is 31.2 Å². The van der Waals surface area contributed by atoms with Crippen LogP contribution >= 0.6 is 0 Å². The average molecular weight is 261 g/mol. The zero-order valence-electron chi connectivity index (χ0n) is 11.8. The second-order valence-corrected chi connectivity index (χ2v) is 5.31. The van der Waals surface area contributed by atoms with E-state index in [4.69, 9.17) is 0 Å². The summed E-state index contributed by atoms with van der Waals surface area (Å²) in [4.78, 5) is 14.6. The molecule has 1 saturated heterocycles. The second-order valence-electron chi connectivity index (χ2n) is 5.31. The summed E-state index contributed by atoms with van der Waals surface area (Å²) in [5.74, 6) is 0.156. The Kier molecular flexibility index (Phi) is 4.72. The molecule has 1 N–H and O–H groups in total. The summed E-state index contributed by atoms with van der Waals surface area (Å²) >= 11 is 0. The van der Waals surface area contributed by atoms with E-state index in [2.05, 4.69) is 11.8 Å². The van der Waals surface area contributed by atoms with Crippen molar-refractivity contribution in [2.75, 3.05) is 13.2 Å². The Hall–Kier alpha value is -1.19. The minimum absolute atomic E-state index is 0.145. The molecule has 0 aliphatic carbocycles. The van der Waals surface area contributed by atoms with Crippen molar-refractivity contribution in [2.24, 2.45) is 0 Å². The summed E-state index contributed by atoms with van der Waals surface area (Å²) in [5.41, 5.74) is 2.02. The minimum atomic E-state index is -0.146. The van der Waals surface area contributed by atoms with E-state index in [9.17, 15) is 9.90 Å². The Morgan fingerprint density at radius 1 is 1.42 bits per heavy atom. The third kappa shape index (κ3) is 3.04. The highest BCUT2D eigenvalue weighted by atomic mass is 16.3. The van der Waals surface area contributed by atoms with Crippen molar-refractivity contribution in [3.8, 4) is 0 Å². The fourth-order valence-electron chi connectivity index (χ4n) is 2.86. The highest BCUT2D eigenvalue weighted by molar-refractivity contribution is 5.99. The zero-order chi connectivity index (χ0) is 13.8. The summed E-state index contributed by atoms with van der Waals surface area (Å²) in [6, 6.07) is 7.88. The number of aliphatic hydroxyl groups is 1. The smallest absolute Gasteiger partial charge is 0.179 e. The van der Waals surface area contributed by atoms with Crippen LogP contribution in [0.25, 0.3) is 0 Å². The van der Waals surface area contributed by atoms with Crippen LogP contribution in [0.1, 0.15) is 42.6 Å². The maximum absolute atomic E-state index is 12.5. The topological polar surface area (TPSA) is 40.5 Å². The molecule has 0 spiro atoms. The van der Waals surface area contributed by atoms with E-state index in [0.717, 1.165) is 31.4 Å². The summed E-state index contributed by atoms with van der Waals surface area (Å²) in [5, 5.41) is 9.35. The van der Waals surface area contributed by atoms with Gasteiger partial charge in [0.15, 0.2) is 5.78 Å². The van der Waals surface area contributed by atoms with Crippen molar-refractivity contribution in [1.29, 1.82) is 0 Å². The third-order valence-electron chi connectivity index (χ3n) is 4.16. The Morgan fingerprint density at radius 2 is 2.11 bits per heavy atom. The lowest BCUT2D eigenvalue weighted by atomic mass is 10.0. The van der Waals surface area contributed by atoms with Crippen LogP contribution in [0.3, 0.4) is 0 Å². The van der Waals surface area contributed by atoms with Crippen LogP contribution in [-0.2, 0) is 6.42 Å². The van der Waals surface area contributed by atoms with E-state index in [1.165, 1.54) is 5.56 Å². The molecule has 19 heavy (non-hydrogen) atoms. The molecule has 1 fully saturated rings. The molecular formula is C16H23NO2. The van der Waals surface area contributed by atoms with Gasteiger partial charge in [-0.25, -0.2) is 0 Å². The molecule has 0 saturated carbocycles. The molecule has 0 aromatic heterocycles. The standard InChI is InChI=1S/C16H23NO2/c1-3-13-6-8-14(9-7-13)16(19)12(2)17-10-4-5-15(17)11-18/h6-9,12,15,18H,3-5,10-11H2,1-2H3. The van der Waals surface area contributed by atoms with Gasteiger partial charge in [-0.05, 0) is 38.3 Å². The number of rotatable bonds is 5. The monoisotopic (exact) mass is 261 g/mol. The maximum atomic E-state index is 12.5. The summed E-state index contributed by atoms with van der Waals surface area (Å²) < 4.78 is 0. The van der Waals surface area contributed by atoms with Gasteiger partial charge in [0.2, 0.25) is 0 Å². The number of Topliss-reactive ketones (excluding diaryl/α,β-unsaturated/α-hetero) is 1. The first-order chi connectivity index (χ1) is 9.17. The Balaban J connectivity index is 2.09. The first-order valence-electron chi connectivity index (χ1n) is 7.17. The van der Waals surface area contributed by atoms with E-state index in [0.29, 0.717) is 0 Å². The molecule has 1 aromatic carbocycles. The molecule has 0 amide bonds. The van der Waals surface area contributed by atoms with Crippen LogP contribution in [-0.4, -0.2) is 41.0 Å². The minimum Gasteiger partial charge on any atom is -0.395 e. The number of aliphatic hydroxyl groups excluding tert-OH is 1. The molecule has 1 heterocycles. The first kappa shape index (κ1) is 14.2. The molecular weight excluding hydrogens is 238 g/mol. The molecule has 0 radical (unpaired) electrons. The normalized spacial score (nSPS) is 21.5. The number of hydrogen-bond donors (Lipinski definition) is 1. The quantitative estimate of drug-likeness (QED) is 0.827. The molecule has 1 aliphatic heterocycles. The lowest BCUT2D eigenvalue weighted by Gasteiger charge is -2.28. The average Bonchev–Trinajstić information content (AvgIpc) is 2.94. The maximum Gasteiger partial charge on any atom is 0.179 e. The van der Waals surface area contributed by atoms with Gasteiger partial charge in [0.25, 0.3) is 0 Å². The lowest BCUT2D eigenvalue weighted by Crippen LogP contribution is -2.43. The largest absolute Gasteiger partial charge is 0.395 e. The van der Waals surface area contributed by atoms with Crippen LogP contribution in [0.5, 0.6) is 0 Å². The number of likely N-dealkylation sites (tertiary alicyclic amines) is 1. The van der Waals surface area contributed by atoms with Crippen LogP contribution < -0.4 is 0 Å². The number of ketones is 1. The van der Waals surface area contributed by atoms with Crippen LogP contribution in [0.4, 0.5) is 0 Å². The zero-order valence-corrected chi connectivity index (χ0v) is 11.8. The van der Waals surface area contributed by atoms with E-state index in [1.54, 1.807) is 0 Å². The molecule has 104 valence electrons. The van der Waals surface area contributed by atoms with Gasteiger partial charge in [0.1, 0.15) is 0 Å². The van der Waals surface area contributed by atoms with Crippen molar-refractivity contribution in [1.82, 2.24) is 4.90 Å². The number of aryl methyl sites for hydroxylation is 1. The van der Waals surface area contributed by atoms with Crippen LogP contribution in [0.15, 0.2) is 24.3 Å². The highest BCUT2D eigenvalue weighted by Gasteiger charge is 2.31. The molecule has 3 nitrogen and oxygen atoms in total. The van der Waals surface area contributed by atoms with Gasteiger partial charge >= 0.3 is 0 Å². The van der Waals surface area contributed by atoms with Crippen molar-refractivity contribution in [3.05, 3.63) is 35.4 Å². The molecule has 3 heteroatoms. The number of hydrogen-bond acceptors (Lipinski definition) is 3. The third-order valence-corrected chi connectivity index (χ3v) is 4.16. The summed E-state index contributed by atoms with van der Waals surface area (Å²) in [6.45, 7) is 5.11. The number of nitrogens with zero attached hydrogens (tertiary/aromatic N) is 1. The van der Waals surface area contributed by atoms with Gasteiger partial charge in [-0.15, -0.1) is 0 Å². The van der Waals surface area contributed by atoms with Crippen molar-refractivity contribution >= 4 is 5.78 Å². The molecule has 2 unspecified atom stereocenters. The first-order valence-corrected chi connectivity index (χ1v) is 7.17. The molecule has 1 aromatic rings. The predicted molar refractivity (Wildman–Crippen MR) is 76.4 cm³/mol. The Bertz CT molecular complexity index is 427. The highest BCUT2D eigenvalue weighted by Crippen LogP contribution is 2.21. The van der Waals surface area contributed by atoms with Crippen molar-refractivity contribution < 1.29 is 9.90 Å². The molecule has 2 atom stereocenters. The molecule has 0 bridgehead atoms. The fourth-order valence-corrected chi connectivity index (χ4v) is 2.86. The Labute approximate surface area is 115 Å². The molecule has 1 aliphatic rings. The lowest BCUT2D eigenvalue weighted by molar-refractivity contribution is 0.0758. The van der Waals surface area contributed by atoms with E-state index < -0.39 is 0 Å². The van der Waals surface area contributed by atoms with Crippen molar-refractivity contribution in [2.45, 2.75) is 45.2 Å². The van der Waals surface area contributed by atoms with Crippen LogP contribution in [0, 0.1) is 0 Å². The van der Waals surface area contributed by atoms with E-state index in [1.807, 2.05) is 31.2 Å². The summed E-state index contributed by atoms with van der Waals surface area (Å²) in [6.07, 6.45) is 3.04. The summed E-state index contributed by atoms with van der Waals surface area (Å²) in [7, 11) is 0.